The van der Waals surface area contributed by atoms with Crippen LogP contribution in [0.25, 0.3) is 0 Å². The van der Waals surface area contributed by atoms with Gasteiger partial charge in [-0.3, -0.25) is 0 Å². The van der Waals surface area contributed by atoms with E-state index in [0.717, 1.165) is 35.4 Å². The highest BCUT2D eigenvalue weighted by Crippen LogP contribution is 2.49. The van der Waals surface area contributed by atoms with Crippen molar-refractivity contribution in [2.45, 2.75) is 88.0 Å². The van der Waals surface area contributed by atoms with Crippen molar-refractivity contribution in [3.63, 3.8) is 0 Å². The second-order valence-electron chi connectivity index (χ2n) is 10.8. The fourth-order valence-electron chi connectivity index (χ4n) is 5.85. The van der Waals surface area contributed by atoms with Crippen molar-refractivity contribution in [1.82, 2.24) is 4.72 Å². The predicted molar refractivity (Wildman–Crippen MR) is 150 cm³/mol. The first-order valence-electron chi connectivity index (χ1n) is 13.9. The second kappa shape index (κ2) is 11.8. The van der Waals surface area contributed by atoms with Crippen LogP contribution in [0.2, 0.25) is 0 Å². The maximum Gasteiger partial charge on any atom is 0.343 e. The third-order valence-corrected chi connectivity index (χ3v) is 10.7. The van der Waals surface area contributed by atoms with Crippen LogP contribution in [-0.4, -0.2) is 13.5 Å². The number of nitrogens with one attached hydrogen (secondary N) is 1. The van der Waals surface area contributed by atoms with Crippen LogP contribution in [0.1, 0.15) is 97.6 Å². The quantitative estimate of drug-likeness (QED) is 0.269. The van der Waals surface area contributed by atoms with Crippen LogP contribution in [0.3, 0.4) is 0 Å². The van der Waals surface area contributed by atoms with Gasteiger partial charge in [-0.2, -0.15) is 0 Å². The van der Waals surface area contributed by atoms with Gasteiger partial charge in [0.2, 0.25) is 10.0 Å². The first-order chi connectivity index (χ1) is 18.4. The van der Waals surface area contributed by atoms with E-state index in [4.69, 9.17) is 4.42 Å². The lowest BCUT2D eigenvalue weighted by molar-refractivity contribution is 0.290. The molecular weight excluding hydrogens is 518 g/mol. The van der Waals surface area contributed by atoms with Crippen molar-refractivity contribution in [1.29, 1.82) is 0 Å². The Morgan fingerprint density at radius 3 is 2.45 bits per heavy atom. The van der Waals surface area contributed by atoms with E-state index in [1.165, 1.54) is 43.4 Å². The first-order valence-corrected chi connectivity index (χ1v) is 16.2. The van der Waals surface area contributed by atoms with Crippen LogP contribution in [0.5, 0.6) is 5.75 Å². The zero-order valence-electron chi connectivity index (χ0n) is 21.9. The highest BCUT2D eigenvalue weighted by Gasteiger charge is 2.38. The Labute approximate surface area is 229 Å². The van der Waals surface area contributed by atoms with Crippen molar-refractivity contribution >= 4 is 21.4 Å². The number of benzene rings is 1. The molecule has 2 heterocycles. The van der Waals surface area contributed by atoms with Crippen molar-refractivity contribution in [2.24, 2.45) is 11.8 Å². The molecule has 0 radical (unpaired) electrons. The van der Waals surface area contributed by atoms with Gasteiger partial charge in [-0.05, 0) is 61.8 Å². The van der Waals surface area contributed by atoms with Crippen molar-refractivity contribution in [3.8, 4) is 5.75 Å². The Bertz CT molecular complexity index is 1390. The van der Waals surface area contributed by atoms with Gasteiger partial charge in [0.15, 0.2) is 0 Å². The fraction of sp³-hybridized carbons (Fsp3) is 0.500. The highest BCUT2D eigenvalue weighted by atomic mass is 32.2. The molecule has 0 spiro atoms. The Hall–Kier alpha value is -2.42. The molecule has 2 unspecified atom stereocenters. The minimum atomic E-state index is -3.61. The predicted octanol–water partition coefficient (Wildman–Crippen LogP) is 6.89. The molecular formula is C30H37NO5S2. The lowest BCUT2D eigenvalue weighted by atomic mass is 9.81. The van der Waals surface area contributed by atoms with E-state index in [9.17, 15) is 18.3 Å². The normalized spacial score (nSPS) is 18.3. The molecule has 2 saturated carbocycles. The fourth-order valence-corrected chi connectivity index (χ4v) is 8.13. The Morgan fingerprint density at radius 2 is 1.79 bits per heavy atom. The largest absolute Gasteiger partial charge is 0.507 e. The van der Waals surface area contributed by atoms with E-state index in [2.05, 4.69) is 11.6 Å². The van der Waals surface area contributed by atoms with Gasteiger partial charge in [0.05, 0.1) is 10.5 Å². The molecule has 0 bridgehead atoms. The van der Waals surface area contributed by atoms with Crippen LogP contribution >= 0.6 is 11.3 Å². The van der Waals surface area contributed by atoms with Gasteiger partial charge in [-0.15, -0.1) is 11.3 Å². The van der Waals surface area contributed by atoms with Gasteiger partial charge < -0.3 is 9.52 Å². The number of thiophene rings is 1. The minimum absolute atomic E-state index is 0.0231. The zero-order valence-corrected chi connectivity index (χ0v) is 23.5. The number of hydrogen-bond donors (Lipinski definition) is 2. The maximum absolute atomic E-state index is 13.3. The summed E-state index contributed by atoms with van der Waals surface area (Å²) in [6, 6.07) is 13.8. The molecule has 2 fully saturated rings. The third kappa shape index (κ3) is 6.24. The van der Waals surface area contributed by atoms with Gasteiger partial charge in [0.1, 0.15) is 11.5 Å². The number of sulfonamides is 1. The summed E-state index contributed by atoms with van der Waals surface area (Å²) in [4.78, 5) is 15.4. The third-order valence-electron chi connectivity index (χ3n) is 8.11. The topological polar surface area (TPSA) is 96.6 Å². The van der Waals surface area contributed by atoms with E-state index >= 15 is 0 Å². The molecule has 2 aliphatic carbocycles. The van der Waals surface area contributed by atoms with E-state index in [1.807, 2.05) is 12.1 Å². The van der Waals surface area contributed by atoms with Gasteiger partial charge >= 0.3 is 5.63 Å². The summed E-state index contributed by atoms with van der Waals surface area (Å²) < 4.78 is 33.8. The monoisotopic (exact) mass is 555 g/mol. The first kappa shape index (κ1) is 27.2. The van der Waals surface area contributed by atoms with Crippen LogP contribution in [-0.2, 0) is 16.6 Å². The van der Waals surface area contributed by atoms with Gasteiger partial charge in [0, 0.05) is 34.2 Å². The lowest BCUT2D eigenvalue weighted by Crippen LogP contribution is -2.22. The van der Waals surface area contributed by atoms with Gasteiger partial charge in [-0.25, -0.2) is 17.9 Å². The molecule has 2 aromatic heterocycles. The van der Waals surface area contributed by atoms with Crippen LogP contribution in [0, 0.1) is 11.8 Å². The molecule has 1 aromatic carbocycles. The molecule has 2 aliphatic rings. The van der Waals surface area contributed by atoms with Crippen LogP contribution in [0.4, 0.5) is 0 Å². The Kier molecular flexibility index (Phi) is 8.41. The molecule has 3 aromatic rings. The molecule has 38 heavy (non-hydrogen) atoms. The second-order valence-corrected chi connectivity index (χ2v) is 13.8. The zero-order chi connectivity index (χ0) is 26.7. The molecule has 2 atom stereocenters. The Morgan fingerprint density at radius 1 is 1.05 bits per heavy atom. The average molecular weight is 556 g/mol. The smallest absolute Gasteiger partial charge is 0.343 e. The lowest BCUT2D eigenvalue weighted by Gasteiger charge is -2.25. The number of rotatable bonds is 11. The van der Waals surface area contributed by atoms with E-state index < -0.39 is 15.6 Å². The molecule has 6 nitrogen and oxygen atoms in total. The molecule has 5 rings (SSSR count). The van der Waals surface area contributed by atoms with Crippen LogP contribution in [0.15, 0.2) is 62.6 Å². The maximum atomic E-state index is 13.3. The van der Waals surface area contributed by atoms with Gasteiger partial charge in [-0.1, -0.05) is 57.2 Å². The summed E-state index contributed by atoms with van der Waals surface area (Å²) in [5.74, 6) is 1.44. The van der Waals surface area contributed by atoms with Crippen LogP contribution < -0.4 is 10.3 Å². The van der Waals surface area contributed by atoms with Crippen molar-refractivity contribution in [2.75, 3.05) is 0 Å². The van der Waals surface area contributed by atoms with Crippen molar-refractivity contribution in [3.05, 3.63) is 80.0 Å². The molecule has 0 aliphatic heterocycles. The summed E-state index contributed by atoms with van der Waals surface area (Å²) in [5.41, 5.74) is -0.110. The molecule has 0 amide bonds. The standard InChI is InChI=1S/C30H37NO5S2/c1-2-21(17-20-9-5-3-6-10-20)26-18-25(32)29(30(33)36-26)28(22-13-14-22)27-16-15-23(37-27)19-31-38(34,35)24-11-7-4-8-12-24/h4,7-8,11-12,15-16,18,20-22,28,31-32H,2-3,5-6,9-10,13-14,17,19H2,1H3. The number of hydrogen-bond acceptors (Lipinski definition) is 6. The molecule has 2 N–H and O–H groups in total. The average Bonchev–Trinajstić information content (AvgIpc) is 3.65. The van der Waals surface area contributed by atoms with E-state index in [1.54, 1.807) is 36.4 Å². The Balaban J connectivity index is 1.35. The molecule has 8 heteroatoms. The SMILES string of the molecule is CCC(CC1CCCCC1)c1cc(O)c(C(c2ccc(CNS(=O)(=O)c3ccccc3)s2)C2CC2)c(=O)o1. The summed E-state index contributed by atoms with van der Waals surface area (Å²) >= 11 is 1.48. The minimum Gasteiger partial charge on any atom is -0.507 e. The summed E-state index contributed by atoms with van der Waals surface area (Å²) in [6.45, 7) is 2.28. The highest BCUT2D eigenvalue weighted by molar-refractivity contribution is 7.89. The summed E-state index contributed by atoms with van der Waals surface area (Å²) in [6.07, 6.45) is 10.2. The summed E-state index contributed by atoms with van der Waals surface area (Å²) in [7, 11) is -3.61. The number of aromatic hydroxyl groups is 1. The van der Waals surface area contributed by atoms with E-state index in [0.29, 0.717) is 17.2 Å². The summed E-state index contributed by atoms with van der Waals surface area (Å²) in [5, 5.41) is 11.1. The molecule has 0 saturated heterocycles. The molecule has 204 valence electrons. The van der Waals surface area contributed by atoms with Gasteiger partial charge in [0.25, 0.3) is 0 Å². The van der Waals surface area contributed by atoms with Crippen molar-refractivity contribution < 1.29 is 17.9 Å². The van der Waals surface area contributed by atoms with E-state index in [-0.39, 0.29) is 34.9 Å².